The maximum absolute atomic E-state index is 13.1. The standard InChI is InChI=1S/C12H17FN2/c1-7-3-9(4-7)15-12-5-8(2)10(13)6-11(12)14/h5-7,9,15H,3-4,14H2,1-2H3. The predicted octanol–water partition coefficient (Wildman–Crippen LogP) is 2.93. The average molecular weight is 208 g/mol. The summed E-state index contributed by atoms with van der Waals surface area (Å²) in [5, 5.41) is 3.35. The Kier molecular flexibility index (Phi) is 2.55. The summed E-state index contributed by atoms with van der Waals surface area (Å²) >= 11 is 0. The van der Waals surface area contributed by atoms with Gasteiger partial charge in [0.05, 0.1) is 11.4 Å². The lowest BCUT2D eigenvalue weighted by atomic mass is 9.82. The number of hydrogen-bond donors (Lipinski definition) is 2. The fourth-order valence-corrected chi connectivity index (χ4v) is 2.06. The maximum Gasteiger partial charge on any atom is 0.128 e. The predicted molar refractivity (Wildman–Crippen MR) is 61.4 cm³/mol. The maximum atomic E-state index is 13.1. The van der Waals surface area contributed by atoms with Gasteiger partial charge in [0.25, 0.3) is 0 Å². The number of hydrogen-bond acceptors (Lipinski definition) is 2. The van der Waals surface area contributed by atoms with Gasteiger partial charge in [-0.25, -0.2) is 4.39 Å². The molecule has 3 N–H and O–H groups in total. The topological polar surface area (TPSA) is 38.0 Å². The first-order chi connectivity index (χ1) is 7.06. The fourth-order valence-electron chi connectivity index (χ4n) is 2.06. The first kappa shape index (κ1) is 10.3. The van der Waals surface area contributed by atoms with Gasteiger partial charge in [-0.3, -0.25) is 0 Å². The van der Waals surface area contributed by atoms with Gasteiger partial charge in [-0.2, -0.15) is 0 Å². The molecular formula is C12H17FN2. The molecule has 0 aliphatic heterocycles. The van der Waals surface area contributed by atoms with E-state index in [4.69, 9.17) is 5.73 Å². The van der Waals surface area contributed by atoms with E-state index in [1.165, 1.54) is 18.9 Å². The smallest absolute Gasteiger partial charge is 0.128 e. The molecule has 0 aromatic heterocycles. The van der Waals surface area contributed by atoms with Crippen LogP contribution in [0.5, 0.6) is 0 Å². The molecule has 1 saturated carbocycles. The molecule has 15 heavy (non-hydrogen) atoms. The van der Waals surface area contributed by atoms with Crippen molar-refractivity contribution in [2.45, 2.75) is 32.7 Å². The SMILES string of the molecule is Cc1cc(NC2CC(C)C2)c(N)cc1F. The zero-order valence-electron chi connectivity index (χ0n) is 9.18. The van der Waals surface area contributed by atoms with Crippen LogP contribution >= 0.6 is 0 Å². The van der Waals surface area contributed by atoms with Crippen molar-refractivity contribution < 1.29 is 4.39 Å². The largest absolute Gasteiger partial charge is 0.397 e. The molecular weight excluding hydrogens is 191 g/mol. The number of benzene rings is 1. The lowest BCUT2D eigenvalue weighted by Gasteiger charge is -2.34. The molecule has 0 unspecified atom stereocenters. The summed E-state index contributed by atoms with van der Waals surface area (Å²) in [6, 6.07) is 3.68. The minimum atomic E-state index is -0.236. The van der Waals surface area contributed by atoms with Crippen LogP contribution in [0.1, 0.15) is 25.3 Å². The molecule has 0 saturated heterocycles. The lowest BCUT2D eigenvalue weighted by Crippen LogP contribution is -2.34. The summed E-state index contributed by atoms with van der Waals surface area (Å²) in [5.41, 5.74) is 7.75. The summed E-state index contributed by atoms with van der Waals surface area (Å²) in [6.07, 6.45) is 2.35. The normalized spacial score (nSPS) is 24.7. The Hall–Kier alpha value is -1.25. The molecule has 0 heterocycles. The van der Waals surface area contributed by atoms with E-state index in [2.05, 4.69) is 12.2 Å². The lowest BCUT2D eigenvalue weighted by molar-refractivity contribution is 0.309. The minimum absolute atomic E-state index is 0.236. The minimum Gasteiger partial charge on any atom is -0.397 e. The van der Waals surface area contributed by atoms with Crippen molar-refractivity contribution in [3.63, 3.8) is 0 Å². The second-order valence-corrected chi connectivity index (χ2v) is 4.61. The van der Waals surface area contributed by atoms with Gasteiger partial charge in [0.15, 0.2) is 0 Å². The first-order valence-electron chi connectivity index (χ1n) is 5.38. The van der Waals surface area contributed by atoms with Crippen molar-refractivity contribution in [2.24, 2.45) is 5.92 Å². The van der Waals surface area contributed by atoms with Crippen LogP contribution in [0.15, 0.2) is 12.1 Å². The zero-order valence-corrected chi connectivity index (χ0v) is 9.18. The molecule has 1 aliphatic rings. The van der Waals surface area contributed by atoms with Crippen LogP contribution in [0.25, 0.3) is 0 Å². The molecule has 0 amide bonds. The third-order valence-electron chi connectivity index (χ3n) is 3.06. The zero-order chi connectivity index (χ0) is 11.0. The van der Waals surface area contributed by atoms with E-state index in [0.29, 0.717) is 17.3 Å². The highest BCUT2D eigenvalue weighted by Gasteiger charge is 2.25. The van der Waals surface area contributed by atoms with E-state index >= 15 is 0 Å². The Morgan fingerprint density at radius 3 is 2.67 bits per heavy atom. The Morgan fingerprint density at radius 2 is 2.07 bits per heavy atom. The fraction of sp³-hybridized carbons (Fsp3) is 0.500. The van der Waals surface area contributed by atoms with E-state index < -0.39 is 0 Å². The number of rotatable bonds is 2. The van der Waals surface area contributed by atoms with Crippen LogP contribution in [0, 0.1) is 18.7 Å². The summed E-state index contributed by atoms with van der Waals surface area (Å²) in [4.78, 5) is 0. The molecule has 1 aromatic carbocycles. The summed E-state index contributed by atoms with van der Waals surface area (Å²) in [7, 11) is 0. The first-order valence-corrected chi connectivity index (χ1v) is 5.38. The van der Waals surface area contributed by atoms with Gasteiger partial charge in [0, 0.05) is 6.04 Å². The van der Waals surface area contributed by atoms with Crippen LogP contribution in [0.3, 0.4) is 0 Å². The quantitative estimate of drug-likeness (QED) is 0.733. The molecule has 0 bridgehead atoms. The monoisotopic (exact) mass is 208 g/mol. The summed E-state index contributed by atoms with van der Waals surface area (Å²) < 4.78 is 13.1. The Morgan fingerprint density at radius 1 is 1.40 bits per heavy atom. The highest BCUT2D eigenvalue weighted by molar-refractivity contribution is 5.67. The molecule has 0 radical (unpaired) electrons. The van der Waals surface area contributed by atoms with Crippen molar-refractivity contribution in [1.29, 1.82) is 0 Å². The molecule has 0 atom stereocenters. The molecule has 1 fully saturated rings. The second-order valence-electron chi connectivity index (χ2n) is 4.61. The van der Waals surface area contributed by atoms with Crippen LogP contribution in [-0.4, -0.2) is 6.04 Å². The van der Waals surface area contributed by atoms with E-state index in [0.717, 1.165) is 11.6 Å². The molecule has 0 spiro atoms. The highest BCUT2D eigenvalue weighted by Crippen LogP contribution is 2.32. The van der Waals surface area contributed by atoms with Crippen molar-refractivity contribution in [2.75, 3.05) is 11.1 Å². The van der Waals surface area contributed by atoms with E-state index in [-0.39, 0.29) is 5.82 Å². The van der Waals surface area contributed by atoms with Gasteiger partial charge < -0.3 is 11.1 Å². The second kappa shape index (κ2) is 3.72. The van der Waals surface area contributed by atoms with E-state index in [9.17, 15) is 4.39 Å². The molecule has 1 aromatic rings. The molecule has 3 heteroatoms. The van der Waals surface area contributed by atoms with Crippen LogP contribution < -0.4 is 11.1 Å². The molecule has 1 aliphatic carbocycles. The molecule has 2 nitrogen and oxygen atoms in total. The van der Waals surface area contributed by atoms with Gasteiger partial charge in [0.1, 0.15) is 5.82 Å². The Balaban J connectivity index is 2.11. The average Bonchev–Trinajstić information content (AvgIpc) is 2.11. The number of anilines is 2. The van der Waals surface area contributed by atoms with Gasteiger partial charge >= 0.3 is 0 Å². The van der Waals surface area contributed by atoms with E-state index in [1.807, 2.05) is 0 Å². The van der Waals surface area contributed by atoms with Crippen LogP contribution in [-0.2, 0) is 0 Å². The number of nitrogens with one attached hydrogen (secondary N) is 1. The third kappa shape index (κ3) is 2.06. The van der Waals surface area contributed by atoms with Gasteiger partial charge in [-0.15, -0.1) is 0 Å². The van der Waals surface area contributed by atoms with Crippen molar-refractivity contribution >= 4 is 11.4 Å². The van der Waals surface area contributed by atoms with Gasteiger partial charge in [0.2, 0.25) is 0 Å². The Labute approximate surface area is 89.7 Å². The number of aryl methyl sites for hydroxylation is 1. The van der Waals surface area contributed by atoms with Gasteiger partial charge in [-0.1, -0.05) is 6.92 Å². The van der Waals surface area contributed by atoms with Crippen LogP contribution in [0.2, 0.25) is 0 Å². The number of nitrogens with two attached hydrogens (primary N) is 1. The summed E-state index contributed by atoms with van der Waals surface area (Å²) in [5.74, 6) is 0.560. The summed E-state index contributed by atoms with van der Waals surface area (Å²) in [6.45, 7) is 3.99. The van der Waals surface area contributed by atoms with Gasteiger partial charge in [-0.05, 0) is 43.4 Å². The Bertz CT molecular complexity index is 370. The van der Waals surface area contributed by atoms with Crippen molar-refractivity contribution in [3.8, 4) is 0 Å². The van der Waals surface area contributed by atoms with Crippen molar-refractivity contribution in [1.82, 2.24) is 0 Å². The number of nitrogen functional groups attached to an aromatic ring is 1. The van der Waals surface area contributed by atoms with E-state index in [1.54, 1.807) is 13.0 Å². The molecule has 82 valence electrons. The van der Waals surface area contributed by atoms with Crippen LogP contribution in [0.4, 0.5) is 15.8 Å². The molecule has 2 rings (SSSR count). The third-order valence-corrected chi connectivity index (χ3v) is 3.06. The van der Waals surface area contributed by atoms with Crippen molar-refractivity contribution in [3.05, 3.63) is 23.5 Å². The number of halogens is 1. The highest BCUT2D eigenvalue weighted by atomic mass is 19.1.